The average molecular weight is 262 g/mol. The smallest absolute Gasteiger partial charge is 0.326 e. The van der Waals surface area contributed by atoms with Crippen LogP contribution in [0.4, 0.5) is 0 Å². The fraction of sp³-hybridized carbons (Fsp3) is 0.800. The lowest BCUT2D eigenvalue weighted by Gasteiger charge is -2.25. The summed E-state index contributed by atoms with van der Waals surface area (Å²) in [6.45, 7) is 1.35. The predicted molar refractivity (Wildman–Crippen MR) is 48.6 cm³/mol. The standard InChI is InChI=1S/C5H10O8S2/c1-5(2,15(11,12)13)3(4(6)7)14(8,9)10/h3H,1-2H3,(H,6,7)(H,8,9,10)(H,11,12,13). The summed E-state index contributed by atoms with van der Waals surface area (Å²) in [7, 11) is -10.1. The molecule has 0 spiro atoms. The molecule has 0 aromatic carbocycles. The van der Waals surface area contributed by atoms with Crippen LogP contribution in [-0.2, 0) is 25.0 Å². The molecule has 0 aromatic rings. The van der Waals surface area contributed by atoms with Gasteiger partial charge in [0.25, 0.3) is 20.2 Å². The molecule has 10 heteroatoms. The van der Waals surface area contributed by atoms with Crippen LogP contribution >= 0.6 is 0 Å². The van der Waals surface area contributed by atoms with Gasteiger partial charge in [0.2, 0.25) is 5.25 Å². The van der Waals surface area contributed by atoms with Crippen molar-refractivity contribution in [2.45, 2.75) is 23.8 Å². The van der Waals surface area contributed by atoms with Gasteiger partial charge in [0, 0.05) is 0 Å². The first-order valence-electron chi connectivity index (χ1n) is 3.48. The van der Waals surface area contributed by atoms with Crippen molar-refractivity contribution in [1.82, 2.24) is 0 Å². The van der Waals surface area contributed by atoms with Crippen molar-refractivity contribution in [1.29, 1.82) is 0 Å². The Morgan fingerprint density at radius 3 is 1.53 bits per heavy atom. The van der Waals surface area contributed by atoms with Crippen LogP contribution in [0.25, 0.3) is 0 Å². The van der Waals surface area contributed by atoms with E-state index in [1.807, 2.05) is 0 Å². The average Bonchev–Trinajstić information content (AvgIpc) is 1.76. The lowest BCUT2D eigenvalue weighted by atomic mass is 10.1. The predicted octanol–water partition coefficient (Wildman–Crippen LogP) is -1.01. The minimum absolute atomic E-state index is 0.675. The molecule has 0 aliphatic heterocycles. The molecule has 90 valence electrons. The van der Waals surface area contributed by atoms with E-state index in [4.69, 9.17) is 14.2 Å². The molecule has 0 aromatic heterocycles. The fourth-order valence-electron chi connectivity index (χ4n) is 0.919. The Bertz CT molecular complexity index is 455. The number of carboxylic acid groups (broad SMARTS) is 1. The maximum absolute atomic E-state index is 10.8. The molecule has 0 saturated heterocycles. The molecule has 3 N–H and O–H groups in total. The number of hydrogen-bond donors (Lipinski definition) is 3. The van der Waals surface area contributed by atoms with E-state index in [0.717, 1.165) is 0 Å². The molecule has 0 amide bonds. The summed E-state index contributed by atoms with van der Waals surface area (Å²) in [6, 6.07) is 0. The van der Waals surface area contributed by atoms with Crippen LogP contribution in [0.5, 0.6) is 0 Å². The first kappa shape index (κ1) is 14.3. The zero-order chi connectivity index (χ0) is 12.7. The van der Waals surface area contributed by atoms with Crippen LogP contribution in [0.2, 0.25) is 0 Å². The molecular weight excluding hydrogens is 252 g/mol. The second-order valence-electron chi connectivity index (χ2n) is 3.31. The Balaban J connectivity index is 5.82. The summed E-state index contributed by atoms with van der Waals surface area (Å²) >= 11 is 0. The molecule has 0 aliphatic rings. The molecule has 1 unspecified atom stereocenters. The Kier molecular flexibility index (Phi) is 3.53. The van der Waals surface area contributed by atoms with Crippen molar-refractivity contribution in [3.8, 4) is 0 Å². The number of carboxylic acids is 1. The second kappa shape index (κ2) is 3.70. The van der Waals surface area contributed by atoms with E-state index >= 15 is 0 Å². The van der Waals surface area contributed by atoms with Gasteiger partial charge in [-0.05, 0) is 13.8 Å². The molecular formula is C5H10O8S2. The minimum atomic E-state index is -5.14. The van der Waals surface area contributed by atoms with Crippen molar-refractivity contribution in [2.24, 2.45) is 0 Å². The maximum atomic E-state index is 10.8. The van der Waals surface area contributed by atoms with E-state index in [-0.39, 0.29) is 0 Å². The lowest BCUT2D eigenvalue weighted by Crippen LogP contribution is -2.52. The Hall–Kier alpha value is -0.710. The van der Waals surface area contributed by atoms with Gasteiger partial charge >= 0.3 is 5.97 Å². The third-order valence-corrected chi connectivity index (χ3v) is 4.92. The molecule has 1 atom stereocenters. The van der Waals surface area contributed by atoms with Crippen LogP contribution < -0.4 is 0 Å². The summed E-state index contributed by atoms with van der Waals surface area (Å²) in [5.74, 6) is -2.07. The van der Waals surface area contributed by atoms with Gasteiger partial charge in [-0.15, -0.1) is 0 Å². The molecule has 8 nitrogen and oxygen atoms in total. The van der Waals surface area contributed by atoms with Crippen molar-refractivity contribution in [2.75, 3.05) is 0 Å². The van der Waals surface area contributed by atoms with Gasteiger partial charge in [-0.2, -0.15) is 16.8 Å². The first-order valence-corrected chi connectivity index (χ1v) is 6.42. The monoisotopic (exact) mass is 262 g/mol. The fourth-order valence-corrected chi connectivity index (χ4v) is 2.99. The highest BCUT2D eigenvalue weighted by atomic mass is 32.2. The second-order valence-corrected chi connectivity index (χ2v) is 6.82. The maximum Gasteiger partial charge on any atom is 0.326 e. The van der Waals surface area contributed by atoms with Gasteiger partial charge < -0.3 is 5.11 Å². The van der Waals surface area contributed by atoms with Crippen LogP contribution in [0.15, 0.2) is 0 Å². The van der Waals surface area contributed by atoms with E-state index in [0.29, 0.717) is 13.8 Å². The highest BCUT2D eigenvalue weighted by molar-refractivity contribution is 7.91. The summed E-state index contributed by atoms with van der Waals surface area (Å²) < 4.78 is 57.5. The Labute approximate surface area is 86.4 Å². The van der Waals surface area contributed by atoms with E-state index < -0.39 is 36.2 Å². The van der Waals surface area contributed by atoms with Gasteiger partial charge in [-0.3, -0.25) is 13.9 Å². The summed E-state index contributed by atoms with van der Waals surface area (Å²) in [5, 5.41) is 5.84. The Morgan fingerprint density at radius 2 is 1.47 bits per heavy atom. The quantitative estimate of drug-likeness (QED) is 0.546. The van der Waals surface area contributed by atoms with Gasteiger partial charge in [-0.25, -0.2) is 0 Å². The van der Waals surface area contributed by atoms with E-state index in [9.17, 15) is 21.6 Å². The lowest BCUT2D eigenvalue weighted by molar-refractivity contribution is -0.137. The van der Waals surface area contributed by atoms with Crippen LogP contribution in [0, 0.1) is 0 Å². The van der Waals surface area contributed by atoms with Crippen molar-refractivity contribution in [3.63, 3.8) is 0 Å². The van der Waals surface area contributed by atoms with Gasteiger partial charge in [0.05, 0.1) is 0 Å². The normalized spacial score (nSPS) is 16.0. The third-order valence-electron chi connectivity index (χ3n) is 1.82. The Morgan fingerprint density at radius 1 is 1.13 bits per heavy atom. The van der Waals surface area contributed by atoms with Gasteiger partial charge in [-0.1, -0.05) is 0 Å². The number of carbonyl (C=O) groups is 1. The number of aliphatic carboxylic acids is 1. The SMILES string of the molecule is CC(C)(C(C(=O)O)S(=O)(=O)O)S(=O)(=O)O. The van der Waals surface area contributed by atoms with Crippen molar-refractivity contribution < 1.29 is 35.8 Å². The molecule has 0 bridgehead atoms. The summed E-state index contributed by atoms with van der Waals surface area (Å²) in [6.07, 6.45) is 0. The molecule has 15 heavy (non-hydrogen) atoms. The van der Waals surface area contributed by atoms with E-state index in [1.165, 1.54) is 0 Å². The molecule has 0 saturated carbocycles. The van der Waals surface area contributed by atoms with Gasteiger partial charge in [0.15, 0.2) is 0 Å². The molecule has 0 aliphatic carbocycles. The van der Waals surface area contributed by atoms with Crippen molar-refractivity contribution >= 4 is 26.2 Å². The molecule has 0 radical (unpaired) electrons. The highest BCUT2D eigenvalue weighted by Gasteiger charge is 2.52. The topological polar surface area (TPSA) is 146 Å². The summed E-state index contributed by atoms with van der Waals surface area (Å²) in [5.41, 5.74) is 0. The number of hydrogen-bond acceptors (Lipinski definition) is 5. The largest absolute Gasteiger partial charge is 0.480 e. The van der Waals surface area contributed by atoms with E-state index in [1.54, 1.807) is 0 Å². The molecule has 0 rings (SSSR count). The van der Waals surface area contributed by atoms with Crippen LogP contribution in [-0.4, -0.2) is 47.0 Å². The third kappa shape index (κ3) is 2.87. The molecule has 0 heterocycles. The zero-order valence-electron chi connectivity index (χ0n) is 7.78. The first-order chi connectivity index (χ1) is 6.32. The molecule has 0 fully saturated rings. The van der Waals surface area contributed by atoms with Crippen molar-refractivity contribution in [3.05, 3.63) is 0 Å². The van der Waals surface area contributed by atoms with Crippen LogP contribution in [0.3, 0.4) is 0 Å². The zero-order valence-corrected chi connectivity index (χ0v) is 9.41. The van der Waals surface area contributed by atoms with E-state index in [2.05, 4.69) is 0 Å². The number of rotatable bonds is 4. The minimum Gasteiger partial charge on any atom is -0.480 e. The summed E-state index contributed by atoms with van der Waals surface area (Å²) in [4.78, 5) is 10.5. The van der Waals surface area contributed by atoms with Gasteiger partial charge in [0.1, 0.15) is 4.75 Å². The van der Waals surface area contributed by atoms with Crippen LogP contribution in [0.1, 0.15) is 13.8 Å². The highest BCUT2D eigenvalue weighted by Crippen LogP contribution is 2.25.